The molecule has 0 saturated carbocycles. The number of fused-ring (bicyclic) bond motifs is 1. The van der Waals surface area contributed by atoms with E-state index in [1.807, 2.05) is 0 Å². The fourth-order valence-corrected chi connectivity index (χ4v) is 3.22. The quantitative estimate of drug-likeness (QED) is 0.487. The number of aromatic nitrogens is 4. The Hall–Kier alpha value is -3.82. The van der Waals surface area contributed by atoms with E-state index >= 15 is 0 Å². The molecule has 3 aromatic heterocycles. The Balaban J connectivity index is 1.64. The molecular weight excluding hydrogens is 414 g/mol. The van der Waals surface area contributed by atoms with E-state index in [1.54, 1.807) is 13.0 Å². The first-order valence-electron chi connectivity index (χ1n) is 9.13. The van der Waals surface area contributed by atoms with Crippen molar-refractivity contribution in [2.75, 3.05) is 5.43 Å². The highest BCUT2D eigenvalue weighted by Crippen LogP contribution is 2.27. The lowest BCUT2D eigenvalue weighted by molar-refractivity contribution is -0.127. The number of rotatable bonds is 4. The molecule has 158 valence electrons. The van der Waals surface area contributed by atoms with Gasteiger partial charge in [-0.25, -0.2) is 14.4 Å². The van der Waals surface area contributed by atoms with Crippen LogP contribution in [0.3, 0.4) is 0 Å². The lowest BCUT2D eigenvalue weighted by Gasteiger charge is -2.10. The summed E-state index contributed by atoms with van der Waals surface area (Å²) >= 11 is 0. The number of benzene rings is 1. The van der Waals surface area contributed by atoms with Gasteiger partial charge in [-0.05, 0) is 30.7 Å². The van der Waals surface area contributed by atoms with Gasteiger partial charge in [-0.15, -0.1) is 0 Å². The molecule has 10 heteroatoms. The molecule has 4 rings (SSSR count). The standard InChI is InChI=1S/C21H15F4N5O/c1-12-17(9-27-19(28-12)13-3-2-4-15(22)7-13)20(31)29-30-11-14(8-21(23,24)25)16-5-6-26-10-18(16)30/h2-7,9-11H,8H2,1H3,(H,29,31). The molecule has 31 heavy (non-hydrogen) atoms. The summed E-state index contributed by atoms with van der Waals surface area (Å²) < 4.78 is 53.4. The molecule has 0 aliphatic carbocycles. The van der Waals surface area contributed by atoms with Gasteiger partial charge < -0.3 is 0 Å². The molecule has 6 nitrogen and oxygen atoms in total. The van der Waals surface area contributed by atoms with Gasteiger partial charge in [0.25, 0.3) is 5.91 Å². The summed E-state index contributed by atoms with van der Waals surface area (Å²) in [4.78, 5) is 25.1. The van der Waals surface area contributed by atoms with Gasteiger partial charge in [0, 0.05) is 29.5 Å². The molecule has 0 aliphatic rings. The number of pyridine rings is 1. The molecule has 0 bridgehead atoms. The average molecular weight is 429 g/mol. The maximum Gasteiger partial charge on any atom is 0.393 e. The SMILES string of the molecule is Cc1nc(-c2cccc(F)c2)ncc1C(=O)Nn1cc(CC(F)(F)F)c2ccncc21. The predicted molar refractivity (Wildman–Crippen MR) is 105 cm³/mol. The number of carbonyl (C=O) groups excluding carboxylic acids is 1. The highest BCUT2D eigenvalue weighted by molar-refractivity contribution is 6.01. The molecule has 0 aliphatic heterocycles. The van der Waals surface area contributed by atoms with Crippen molar-refractivity contribution in [1.82, 2.24) is 19.6 Å². The van der Waals surface area contributed by atoms with E-state index in [-0.39, 0.29) is 17.0 Å². The van der Waals surface area contributed by atoms with Crippen LogP contribution in [0.5, 0.6) is 0 Å². The zero-order valence-electron chi connectivity index (χ0n) is 16.1. The lowest BCUT2D eigenvalue weighted by Crippen LogP contribution is -2.23. The minimum atomic E-state index is -4.40. The smallest absolute Gasteiger partial charge is 0.267 e. The Kier molecular flexibility index (Phi) is 5.14. The average Bonchev–Trinajstić information content (AvgIpc) is 3.03. The number of carbonyl (C=O) groups is 1. The molecule has 0 fully saturated rings. The Bertz CT molecular complexity index is 1280. The van der Waals surface area contributed by atoms with Crippen molar-refractivity contribution in [2.24, 2.45) is 0 Å². The minimum Gasteiger partial charge on any atom is -0.267 e. The van der Waals surface area contributed by atoms with Gasteiger partial charge in [-0.2, -0.15) is 13.2 Å². The van der Waals surface area contributed by atoms with Crippen molar-refractivity contribution in [3.63, 3.8) is 0 Å². The van der Waals surface area contributed by atoms with Crippen molar-refractivity contribution in [3.05, 3.63) is 77.8 Å². The Morgan fingerprint density at radius 1 is 1.19 bits per heavy atom. The van der Waals surface area contributed by atoms with Crippen molar-refractivity contribution < 1.29 is 22.4 Å². The molecule has 0 atom stereocenters. The van der Waals surface area contributed by atoms with Crippen LogP contribution in [-0.2, 0) is 6.42 Å². The number of hydrogen-bond acceptors (Lipinski definition) is 4. The fraction of sp³-hybridized carbons (Fsp3) is 0.143. The van der Waals surface area contributed by atoms with Crippen LogP contribution in [0, 0.1) is 12.7 Å². The molecule has 1 amide bonds. The molecule has 1 N–H and O–H groups in total. The molecule has 1 aromatic carbocycles. The zero-order chi connectivity index (χ0) is 22.2. The van der Waals surface area contributed by atoms with Gasteiger partial charge in [-0.1, -0.05) is 12.1 Å². The number of aryl methyl sites for hydroxylation is 1. The summed E-state index contributed by atoms with van der Waals surface area (Å²) in [7, 11) is 0. The number of nitrogens with zero attached hydrogens (tertiary/aromatic N) is 4. The second-order valence-electron chi connectivity index (χ2n) is 6.85. The van der Waals surface area contributed by atoms with E-state index in [1.165, 1.54) is 53.7 Å². The fourth-order valence-electron chi connectivity index (χ4n) is 3.22. The van der Waals surface area contributed by atoms with Gasteiger partial charge in [-0.3, -0.25) is 19.9 Å². The van der Waals surface area contributed by atoms with Crippen molar-refractivity contribution in [1.29, 1.82) is 0 Å². The van der Waals surface area contributed by atoms with E-state index < -0.39 is 24.3 Å². The number of hydrogen-bond donors (Lipinski definition) is 1. The van der Waals surface area contributed by atoms with Crippen LogP contribution in [0.2, 0.25) is 0 Å². The third kappa shape index (κ3) is 4.37. The Morgan fingerprint density at radius 3 is 2.71 bits per heavy atom. The molecular formula is C21H15F4N5O. The second-order valence-corrected chi connectivity index (χ2v) is 6.85. The normalized spacial score (nSPS) is 11.6. The topological polar surface area (TPSA) is 72.7 Å². The third-order valence-corrected chi connectivity index (χ3v) is 4.61. The van der Waals surface area contributed by atoms with Gasteiger partial charge >= 0.3 is 6.18 Å². The first kappa shape index (κ1) is 20.5. The number of halogens is 4. The van der Waals surface area contributed by atoms with Crippen molar-refractivity contribution >= 4 is 16.8 Å². The zero-order valence-corrected chi connectivity index (χ0v) is 16.1. The number of amides is 1. The van der Waals surface area contributed by atoms with Gasteiger partial charge in [0.1, 0.15) is 5.82 Å². The van der Waals surface area contributed by atoms with Crippen molar-refractivity contribution in [3.8, 4) is 11.4 Å². The van der Waals surface area contributed by atoms with Crippen LogP contribution in [0.25, 0.3) is 22.3 Å². The highest BCUT2D eigenvalue weighted by atomic mass is 19.4. The van der Waals surface area contributed by atoms with E-state index in [0.29, 0.717) is 22.2 Å². The van der Waals surface area contributed by atoms with Crippen molar-refractivity contribution in [2.45, 2.75) is 19.5 Å². The van der Waals surface area contributed by atoms with E-state index in [0.717, 1.165) is 0 Å². The maximum absolute atomic E-state index is 13.4. The van der Waals surface area contributed by atoms with Crippen LogP contribution in [-0.4, -0.2) is 31.7 Å². The van der Waals surface area contributed by atoms with E-state index in [9.17, 15) is 22.4 Å². The van der Waals surface area contributed by atoms with Gasteiger partial charge in [0.15, 0.2) is 5.82 Å². The molecule has 0 saturated heterocycles. The Labute approximate surface area is 173 Å². The summed E-state index contributed by atoms with van der Waals surface area (Å²) in [6.45, 7) is 1.59. The van der Waals surface area contributed by atoms with Crippen LogP contribution in [0.4, 0.5) is 17.6 Å². The maximum atomic E-state index is 13.4. The van der Waals surface area contributed by atoms with E-state index in [2.05, 4.69) is 20.4 Å². The molecule has 3 heterocycles. The largest absolute Gasteiger partial charge is 0.393 e. The number of alkyl halides is 3. The summed E-state index contributed by atoms with van der Waals surface area (Å²) in [6, 6.07) is 7.19. The lowest BCUT2D eigenvalue weighted by atomic mass is 10.1. The van der Waals surface area contributed by atoms with Gasteiger partial charge in [0.05, 0.1) is 29.4 Å². The first-order chi connectivity index (χ1) is 14.7. The van der Waals surface area contributed by atoms with Crippen LogP contribution in [0.1, 0.15) is 21.6 Å². The number of nitrogens with one attached hydrogen (secondary N) is 1. The summed E-state index contributed by atoms with van der Waals surface area (Å²) in [5.74, 6) is -0.803. The minimum absolute atomic E-state index is 0.0135. The van der Waals surface area contributed by atoms with Crippen LogP contribution < -0.4 is 5.43 Å². The summed E-state index contributed by atoms with van der Waals surface area (Å²) in [5, 5.41) is 0.335. The third-order valence-electron chi connectivity index (χ3n) is 4.61. The summed E-state index contributed by atoms with van der Waals surface area (Å²) in [6.07, 6.45) is -0.276. The second kappa shape index (κ2) is 7.78. The predicted octanol–water partition coefficient (Wildman–Crippen LogP) is 4.43. The molecule has 4 aromatic rings. The molecule has 0 spiro atoms. The Morgan fingerprint density at radius 2 is 2.00 bits per heavy atom. The van der Waals surface area contributed by atoms with Gasteiger partial charge in [0.2, 0.25) is 0 Å². The van der Waals surface area contributed by atoms with Crippen LogP contribution >= 0.6 is 0 Å². The molecule has 0 radical (unpaired) electrons. The summed E-state index contributed by atoms with van der Waals surface area (Å²) in [5.41, 5.74) is 3.80. The van der Waals surface area contributed by atoms with Crippen LogP contribution in [0.15, 0.2) is 55.1 Å². The first-order valence-corrected chi connectivity index (χ1v) is 9.13. The highest BCUT2D eigenvalue weighted by Gasteiger charge is 2.29. The molecule has 0 unspecified atom stereocenters. The monoisotopic (exact) mass is 429 g/mol. The van der Waals surface area contributed by atoms with E-state index in [4.69, 9.17) is 0 Å².